The molecule has 0 aliphatic rings. The minimum Gasteiger partial charge on any atom is -0.363 e. The maximum atomic E-state index is 5.15. The van der Waals surface area contributed by atoms with Gasteiger partial charge in [-0.2, -0.15) is 0 Å². The standard InChI is InChI=1S/C11H26N4S/c1-3-12-7-5-9-14-11(16)15-10-6-8-13-4-2/h12-13H,3-10H2,1-2H3,(H2,14,15,16). The van der Waals surface area contributed by atoms with Crippen LogP contribution in [-0.2, 0) is 0 Å². The van der Waals surface area contributed by atoms with E-state index in [0.717, 1.165) is 57.2 Å². The minimum absolute atomic E-state index is 0.771. The first-order valence-corrected chi connectivity index (χ1v) is 6.65. The fourth-order valence-electron chi connectivity index (χ4n) is 1.25. The zero-order chi connectivity index (χ0) is 12.1. The number of hydrogen-bond acceptors (Lipinski definition) is 3. The molecule has 0 bridgehead atoms. The number of hydrogen-bond donors (Lipinski definition) is 4. The molecule has 0 atom stereocenters. The summed E-state index contributed by atoms with van der Waals surface area (Å²) in [5, 5.41) is 13.7. The predicted molar refractivity (Wildman–Crippen MR) is 74.9 cm³/mol. The van der Waals surface area contributed by atoms with Crippen LogP contribution in [0.1, 0.15) is 26.7 Å². The second kappa shape index (κ2) is 12.7. The lowest BCUT2D eigenvalue weighted by atomic mass is 10.4. The third-order valence-electron chi connectivity index (χ3n) is 2.13. The van der Waals surface area contributed by atoms with Crippen molar-refractivity contribution in [1.29, 1.82) is 0 Å². The van der Waals surface area contributed by atoms with Crippen molar-refractivity contribution in [2.24, 2.45) is 0 Å². The minimum atomic E-state index is 0.771. The van der Waals surface area contributed by atoms with Crippen molar-refractivity contribution in [2.45, 2.75) is 26.7 Å². The molecule has 96 valence electrons. The molecule has 0 aromatic carbocycles. The molecule has 0 fully saturated rings. The van der Waals surface area contributed by atoms with Crippen molar-refractivity contribution < 1.29 is 0 Å². The van der Waals surface area contributed by atoms with Gasteiger partial charge in [0.25, 0.3) is 0 Å². The van der Waals surface area contributed by atoms with Crippen LogP contribution in [0.3, 0.4) is 0 Å². The Morgan fingerprint density at radius 3 is 1.62 bits per heavy atom. The van der Waals surface area contributed by atoms with Gasteiger partial charge in [-0.25, -0.2) is 0 Å². The number of nitrogens with one attached hydrogen (secondary N) is 4. The Kier molecular flexibility index (Phi) is 12.4. The molecule has 0 unspecified atom stereocenters. The molecule has 5 heteroatoms. The van der Waals surface area contributed by atoms with E-state index in [0.29, 0.717) is 0 Å². The molecule has 0 amide bonds. The molecule has 16 heavy (non-hydrogen) atoms. The second-order valence-corrected chi connectivity index (χ2v) is 4.01. The Morgan fingerprint density at radius 2 is 1.25 bits per heavy atom. The van der Waals surface area contributed by atoms with Crippen LogP contribution >= 0.6 is 12.2 Å². The van der Waals surface area contributed by atoms with Gasteiger partial charge in [0.2, 0.25) is 0 Å². The molecule has 0 aliphatic carbocycles. The average molecular weight is 246 g/mol. The Hall–Kier alpha value is -0.390. The van der Waals surface area contributed by atoms with Gasteiger partial charge in [0.15, 0.2) is 5.11 Å². The van der Waals surface area contributed by atoms with Crippen LogP contribution in [0, 0.1) is 0 Å². The quantitative estimate of drug-likeness (QED) is 0.333. The molecule has 0 heterocycles. The van der Waals surface area contributed by atoms with Crippen LogP contribution in [0.25, 0.3) is 0 Å². The molecule has 4 nitrogen and oxygen atoms in total. The summed E-state index contributed by atoms with van der Waals surface area (Å²) in [5.41, 5.74) is 0. The Labute approximate surface area is 105 Å². The second-order valence-electron chi connectivity index (χ2n) is 3.60. The van der Waals surface area contributed by atoms with Crippen molar-refractivity contribution in [1.82, 2.24) is 21.3 Å². The van der Waals surface area contributed by atoms with E-state index >= 15 is 0 Å². The first-order valence-electron chi connectivity index (χ1n) is 6.24. The molecule has 0 radical (unpaired) electrons. The molecule has 0 spiro atoms. The molecule has 4 N–H and O–H groups in total. The van der Waals surface area contributed by atoms with E-state index in [1.807, 2.05) is 0 Å². The molecular formula is C11H26N4S. The van der Waals surface area contributed by atoms with Gasteiger partial charge in [0.05, 0.1) is 0 Å². The fourth-order valence-corrected chi connectivity index (χ4v) is 1.45. The van der Waals surface area contributed by atoms with E-state index in [9.17, 15) is 0 Å². The molecular weight excluding hydrogens is 220 g/mol. The van der Waals surface area contributed by atoms with E-state index in [4.69, 9.17) is 12.2 Å². The highest BCUT2D eigenvalue weighted by molar-refractivity contribution is 7.80. The molecule has 0 aliphatic heterocycles. The maximum absolute atomic E-state index is 5.15. The van der Waals surface area contributed by atoms with Crippen LogP contribution in [0.4, 0.5) is 0 Å². The van der Waals surface area contributed by atoms with Gasteiger partial charge >= 0.3 is 0 Å². The van der Waals surface area contributed by atoms with Crippen molar-refractivity contribution in [2.75, 3.05) is 39.3 Å². The van der Waals surface area contributed by atoms with Gasteiger partial charge in [0.1, 0.15) is 0 Å². The van der Waals surface area contributed by atoms with Gasteiger partial charge in [-0.15, -0.1) is 0 Å². The zero-order valence-corrected chi connectivity index (χ0v) is 11.4. The smallest absolute Gasteiger partial charge is 0.166 e. The summed E-state index contributed by atoms with van der Waals surface area (Å²) in [7, 11) is 0. The van der Waals surface area contributed by atoms with Crippen molar-refractivity contribution in [3.05, 3.63) is 0 Å². The lowest BCUT2D eigenvalue weighted by molar-refractivity contribution is 0.643. The van der Waals surface area contributed by atoms with Gasteiger partial charge in [-0.3, -0.25) is 0 Å². The van der Waals surface area contributed by atoms with Gasteiger partial charge in [-0.05, 0) is 51.2 Å². The van der Waals surface area contributed by atoms with E-state index < -0.39 is 0 Å². The summed E-state index contributed by atoms with van der Waals surface area (Å²) in [6, 6.07) is 0. The molecule has 0 rings (SSSR count). The first kappa shape index (κ1) is 15.6. The summed E-state index contributed by atoms with van der Waals surface area (Å²) in [4.78, 5) is 0. The van der Waals surface area contributed by atoms with Crippen molar-refractivity contribution >= 4 is 17.3 Å². The summed E-state index contributed by atoms with van der Waals surface area (Å²) >= 11 is 5.15. The molecule has 0 aromatic rings. The lowest BCUT2D eigenvalue weighted by Gasteiger charge is -2.10. The topological polar surface area (TPSA) is 48.1 Å². The predicted octanol–water partition coefficient (Wildman–Crippen LogP) is 0.450. The number of rotatable bonds is 10. The van der Waals surface area contributed by atoms with E-state index in [-0.39, 0.29) is 0 Å². The van der Waals surface area contributed by atoms with Crippen LogP contribution in [-0.4, -0.2) is 44.4 Å². The average Bonchev–Trinajstić information content (AvgIpc) is 2.28. The molecule has 0 saturated carbocycles. The van der Waals surface area contributed by atoms with Crippen LogP contribution < -0.4 is 21.3 Å². The molecule has 0 saturated heterocycles. The zero-order valence-electron chi connectivity index (χ0n) is 10.6. The largest absolute Gasteiger partial charge is 0.363 e. The summed E-state index contributed by atoms with van der Waals surface area (Å²) in [6.45, 7) is 10.3. The van der Waals surface area contributed by atoms with Crippen LogP contribution in [0.2, 0.25) is 0 Å². The van der Waals surface area contributed by atoms with E-state index in [1.165, 1.54) is 0 Å². The normalized spacial score (nSPS) is 10.1. The van der Waals surface area contributed by atoms with E-state index in [1.54, 1.807) is 0 Å². The van der Waals surface area contributed by atoms with Crippen molar-refractivity contribution in [3.63, 3.8) is 0 Å². The maximum Gasteiger partial charge on any atom is 0.166 e. The lowest BCUT2D eigenvalue weighted by Crippen LogP contribution is -2.37. The SMILES string of the molecule is CCNCCCNC(=S)NCCCNCC. The third kappa shape index (κ3) is 11.7. The van der Waals surface area contributed by atoms with Crippen molar-refractivity contribution in [3.8, 4) is 0 Å². The first-order chi connectivity index (χ1) is 7.81. The van der Waals surface area contributed by atoms with Gasteiger partial charge < -0.3 is 21.3 Å². The summed E-state index contributed by atoms with van der Waals surface area (Å²) < 4.78 is 0. The van der Waals surface area contributed by atoms with Crippen LogP contribution in [0.5, 0.6) is 0 Å². The highest BCUT2D eigenvalue weighted by Gasteiger charge is 1.93. The summed E-state index contributed by atoms with van der Waals surface area (Å²) in [6.07, 6.45) is 2.21. The van der Waals surface area contributed by atoms with Gasteiger partial charge in [0, 0.05) is 13.1 Å². The Balaban J connectivity index is 3.12. The molecule has 0 aromatic heterocycles. The monoisotopic (exact) mass is 246 g/mol. The highest BCUT2D eigenvalue weighted by atomic mass is 32.1. The Bertz CT molecular complexity index is 148. The van der Waals surface area contributed by atoms with Gasteiger partial charge in [-0.1, -0.05) is 13.8 Å². The van der Waals surface area contributed by atoms with Crippen LogP contribution in [0.15, 0.2) is 0 Å². The van der Waals surface area contributed by atoms with E-state index in [2.05, 4.69) is 35.1 Å². The number of thiocarbonyl (C=S) groups is 1. The highest BCUT2D eigenvalue weighted by Crippen LogP contribution is 1.77. The Morgan fingerprint density at radius 1 is 0.812 bits per heavy atom. The third-order valence-corrected chi connectivity index (χ3v) is 2.42. The summed E-state index contributed by atoms with van der Waals surface area (Å²) in [5.74, 6) is 0. The fraction of sp³-hybridized carbons (Fsp3) is 0.909.